The summed E-state index contributed by atoms with van der Waals surface area (Å²) in [5, 5.41) is 5.80. The molecule has 3 rings (SSSR count). The zero-order valence-corrected chi connectivity index (χ0v) is 18.9. The number of rotatable bonds is 7. The van der Waals surface area contributed by atoms with E-state index >= 15 is 0 Å². The smallest absolute Gasteiger partial charge is 0.326 e. The third kappa shape index (κ3) is 7.18. The zero-order valence-electron chi connectivity index (χ0n) is 18.1. The molecule has 0 unspecified atom stereocenters. The van der Waals surface area contributed by atoms with Gasteiger partial charge in [-0.2, -0.15) is 18.3 Å². The topological polar surface area (TPSA) is 70.6 Å². The molecule has 2 amide bonds. The first-order valence-electron chi connectivity index (χ1n) is 10.2. The number of hydrogen-bond acceptors (Lipinski definition) is 3. The van der Waals surface area contributed by atoms with Crippen molar-refractivity contribution in [3.8, 4) is 11.1 Å². The molecule has 0 saturated heterocycles. The van der Waals surface area contributed by atoms with E-state index in [4.69, 9.17) is 11.6 Å². The Morgan fingerprint density at radius 2 is 1.56 bits per heavy atom. The summed E-state index contributed by atoms with van der Waals surface area (Å²) in [6.45, 7) is 1.53. The highest BCUT2D eigenvalue weighted by Crippen LogP contribution is 2.36. The van der Waals surface area contributed by atoms with Gasteiger partial charge in [0, 0.05) is 11.4 Å². The van der Waals surface area contributed by atoms with Gasteiger partial charge in [-0.05, 0) is 41.8 Å². The minimum Gasteiger partial charge on any atom is -0.326 e. The van der Waals surface area contributed by atoms with Crippen LogP contribution in [0.4, 0.5) is 18.9 Å². The average molecular weight is 488 g/mol. The Morgan fingerprint density at radius 3 is 2.21 bits per heavy atom. The van der Waals surface area contributed by atoms with Gasteiger partial charge in [0.25, 0.3) is 0 Å². The quantitative estimate of drug-likeness (QED) is 0.313. The van der Waals surface area contributed by atoms with Crippen molar-refractivity contribution in [1.82, 2.24) is 5.43 Å². The molecule has 0 heterocycles. The van der Waals surface area contributed by atoms with Crippen LogP contribution in [-0.2, 0) is 22.2 Å². The zero-order chi connectivity index (χ0) is 24.7. The van der Waals surface area contributed by atoms with Gasteiger partial charge in [0.2, 0.25) is 11.8 Å². The third-order valence-electron chi connectivity index (χ3n) is 4.77. The lowest BCUT2D eigenvalue weighted by Crippen LogP contribution is -2.23. The number of hydrazone groups is 1. The second-order valence-corrected chi connectivity index (χ2v) is 7.95. The Bertz CT molecular complexity index is 1190. The molecular formula is C25H21ClF3N3O2. The van der Waals surface area contributed by atoms with E-state index in [-0.39, 0.29) is 30.1 Å². The van der Waals surface area contributed by atoms with Crippen LogP contribution in [0.3, 0.4) is 0 Å². The van der Waals surface area contributed by atoms with Crippen molar-refractivity contribution >= 4 is 34.8 Å². The number of alkyl halides is 3. The molecule has 2 N–H and O–H groups in total. The maximum absolute atomic E-state index is 12.9. The van der Waals surface area contributed by atoms with Crippen molar-refractivity contribution in [3.05, 3.63) is 88.9 Å². The van der Waals surface area contributed by atoms with Crippen molar-refractivity contribution in [3.63, 3.8) is 0 Å². The summed E-state index contributed by atoms with van der Waals surface area (Å²) < 4.78 is 38.8. The fourth-order valence-electron chi connectivity index (χ4n) is 3.13. The molecule has 0 radical (unpaired) electrons. The highest BCUT2D eigenvalue weighted by atomic mass is 35.5. The van der Waals surface area contributed by atoms with Gasteiger partial charge in [-0.25, -0.2) is 5.43 Å². The van der Waals surface area contributed by atoms with E-state index < -0.39 is 22.7 Å². The maximum atomic E-state index is 12.9. The van der Waals surface area contributed by atoms with E-state index in [1.807, 2.05) is 54.6 Å². The molecule has 0 spiro atoms. The highest BCUT2D eigenvalue weighted by Gasteiger charge is 2.33. The van der Waals surface area contributed by atoms with Crippen molar-refractivity contribution in [2.45, 2.75) is 25.9 Å². The summed E-state index contributed by atoms with van der Waals surface area (Å²) in [4.78, 5) is 24.3. The molecule has 0 fully saturated rings. The van der Waals surface area contributed by atoms with Crippen LogP contribution in [0.2, 0.25) is 5.02 Å². The molecule has 34 heavy (non-hydrogen) atoms. The van der Waals surface area contributed by atoms with Crippen LogP contribution >= 0.6 is 11.6 Å². The van der Waals surface area contributed by atoms with Gasteiger partial charge in [-0.1, -0.05) is 66.2 Å². The SMILES string of the molecule is C/C(CC(=O)Nc1ccc(Cl)c(C(F)(F)F)c1)=N/NC(=O)Cc1ccc(-c2ccccc2)cc1. The van der Waals surface area contributed by atoms with Gasteiger partial charge < -0.3 is 5.32 Å². The summed E-state index contributed by atoms with van der Waals surface area (Å²) in [7, 11) is 0. The van der Waals surface area contributed by atoms with Gasteiger partial charge in [0.05, 0.1) is 23.4 Å². The van der Waals surface area contributed by atoms with Gasteiger partial charge in [0.1, 0.15) is 0 Å². The van der Waals surface area contributed by atoms with Gasteiger partial charge in [-0.3, -0.25) is 9.59 Å². The monoisotopic (exact) mass is 487 g/mol. The number of nitrogens with one attached hydrogen (secondary N) is 2. The molecule has 3 aromatic carbocycles. The van der Waals surface area contributed by atoms with E-state index in [1.54, 1.807) is 0 Å². The number of nitrogens with zero attached hydrogens (tertiary/aromatic N) is 1. The van der Waals surface area contributed by atoms with Crippen LogP contribution in [0.1, 0.15) is 24.5 Å². The number of halogens is 4. The van der Waals surface area contributed by atoms with Gasteiger partial charge in [-0.15, -0.1) is 0 Å². The Balaban J connectivity index is 1.51. The predicted molar refractivity (Wildman–Crippen MR) is 127 cm³/mol. The third-order valence-corrected chi connectivity index (χ3v) is 5.10. The highest BCUT2D eigenvalue weighted by molar-refractivity contribution is 6.31. The van der Waals surface area contributed by atoms with Crippen LogP contribution in [0.15, 0.2) is 77.9 Å². The number of hydrogen-bond donors (Lipinski definition) is 2. The fraction of sp³-hybridized carbons (Fsp3) is 0.160. The summed E-state index contributed by atoms with van der Waals surface area (Å²) in [5.74, 6) is -0.942. The number of benzene rings is 3. The molecule has 0 bridgehead atoms. The van der Waals surface area contributed by atoms with E-state index in [0.717, 1.165) is 28.8 Å². The molecule has 0 aliphatic rings. The van der Waals surface area contributed by atoms with E-state index in [1.165, 1.54) is 13.0 Å². The molecule has 3 aromatic rings. The van der Waals surface area contributed by atoms with Crippen molar-refractivity contribution in [2.75, 3.05) is 5.32 Å². The Labute approximate surface area is 199 Å². The standard InChI is InChI=1S/C25H21ClF3N3O2/c1-16(13-23(33)30-20-11-12-22(26)21(15-20)25(27,28)29)31-32-24(34)14-17-7-9-19(10-8-17)18-5-3-2-4-6-18/h2-12,15H,13-14H2,1H3,(H,30,33)(H,32,34)/b31-16-. The second-order valence-electron chi connectivity index (χ2n) is 7.54. The first kappa shape index (κ1) is 25.0. The molecule has 0 aromatic heterocycles. The minimum absolute atomic E-state index is 0.0440. The van der Waals surface area contributed by atoms with Crippen LogP contribution in [-0.4, -0.2) is 17.5 Å². The van der Waals surface area contributed by atoms with Crippen molar-refractivity contribution < 1.29 is 22.8 Å². The Hall–Kier alpha value is -3.65. The molecule has 5 nitrogen and oxygen atoms in total. The van der Waals surface area contributed by atoms with Crippen LogP contribution < -0.4 is 10.7 Å². The molecule has 0 saturated carbocycles. The van der Waals surface area contributed by atoms with Crippen molar-refractivity contribution in [2.24, 2.45) is 5.10 Å². The summed E-state index contributed by atoms with van der Waals surface area (Å²) in [5.41, 5.74) is 4.50. The van der Waals surface area contributed by atoms with E-state index in [2.05, 4.69) is 15.8 Å². The number of anilines is 1. The van der Waals surface area contributed by atoms with Crippen LogP contribution in [0.5, 0.6) is 0 Å². The molecule has 0 atom stereocenters. The predicted octanol–water partition coefficient (Wildman–Crippen LogP) is 6.09. The molecule has 0 aliphatic carbocycles. The number of carbonyl (C=O) groups excluding carboxylic acids is 2. The van der Waals surface area contributed by atoms with Crippen LogP contribution in [0, 0.1) is 0 Å². The summed E-state index contributed by atoms with van der Waals surface area (Å²) in [6.07, 6.45) is -4.75. The minimum atomic E-state index is -4.64. The average Bonchev–Trinajstić information content (AvgIpc) is 2.79. The molecule has 9 heteroatoms. The van der Waals surface area contributed by atoms with Gasteiger partial charge in [0.15, 0.2) is 0 Å². The lowest BCUT2D eigenvalue weighted by Gasteiger charge is -2.11. The van der Waals surface area contributed by atoms with Crippen LogP contribution in [0.25, 0.3) is 11.1 Å². The first-order chi connectivity index (χ1) is 16.1. The van der Waals surface area contributed by atoms with Crippen molar-refractivity contribution in [1.29, 1.82) is 0 Å². The second kappa shape index (κ2) is 11.0. The summed E-state index contributed by atoms with van der Waals surface area (Å²) in [6, 6.07) is 20.5. The lowest BCUT2D eigenvalue weighted by atomic mass is 10.0. The fourth-order valence-corrected chi connectivity index (χ4v) is 3.35. The summed E-state index contributed by atoms with van der Waals surface area (Å²) >= 11 is 5.57. The van der Waals surface area contributed by atoms with E-state index in [9.17, 15) is 22.8 Å². The largest absolute Gasteiger partial charge is 0.417 e. The Kier molecular flexibility index (Phi) is 8.07. The van der Waals surface area contributed by atoms with E-state index in [0.29, 0.717) is 0 Å². The Morgan fingerprint density at radius 1 is 0.912 bits per heavy atom. The molecule has 176 valence electrons. The maximum Gasteiger partial charge on any atom is 0.417 e. The van der Waals surface area contributed by atoms with Gasteiger partial charge >= 0.3 is 6.18 Å². The normalized spacial score (nSPS) is 11.7. The number of carbonyl (C=O) groups is 2. The lowest BCUT2D eigenvalue weighted by molar-refractivity contribution is -0.137. The number of amides is 2. The molecular weight excluding hydrogens is 467 g/mol. The first-order valence-corrected chi connectivity index (χ1v) is 10.6. The molecule has 0 aliphatic heterocycles.